The molecule has 2 N–H and O–H groups in total. The summed E-state index contributed by atoms with van der Waals surface area (Å²) in [6.45, 7) is 3.88. The van der Waals surface area contributed by atoms with Gasteiger partial charge in [-0.3, -0.25) is 9.59 Å². The molecule has 198 valence electrons. The predicted octanol–water partition coefficient (Wildman–Crippen LogP) is 2.77. The molecule has 0 spiro atoms. The molecular formula is C27H32ClN3O6. The molecule has 1 fully saturated rings. The summed E-state index contributed by atoms with van der Waals surface area (Å²) < 4.78 is 18.3. The maximum absolute atomic E-state index is 12.6. The highest BCUT2D eigenvalue weighted by Crippen LogP contribution is 2.31. The topological polar surface area (TPSA) is 102 Å². The van der Waals surface area contributed by atoms with Gasteiger partial charge in [-0.2, -0.15) is 0 Å². The molecule has 9 nitrogen and oxygen atoms in total. The van der Waals surface area contributed by atoms with Crippen molar-refractivity contribution in [2.45, 2.75) is 25.6 Å². The molecule has 1 saturated heterocycles. The zero-order chi connectivity index (χ0) is 25.1. The molecule has 2 atom stereocenters. The summed E-state index contributed by atoms with van der Waals surface area (Å²) in [6.07, 6.45) is 0.708. The Balaban J connectivity index is 0.00000320. The number of piperidine rings is 1. The summed E-state index contributed by atoms with van der Waals surface area (Å²) >= 11 is 0. The standard InChI is InChI=1S/C27H31N3O6.ClH/c1-34-20-5-3-19-4-7-26(31)30(23(19)15-20)11-10-29-9-8-22(21(17-29)27(32)33)28-16-18-2-6-24-25(14-18)36-13-12-35-24;/h2-7,14-15,21-22,28H,8-13,16-17H2,1H3,(H,32,33);1H. The fraction of sp³-hybridized carbons (Fsp3) is 0.407. The monoisotopic (exact) mass is 529 g/mol. The van der Waals surface area contributed by atoms with Crippen LogP contribution < -0.4 is 25.1 Å². The van der Waals surface area contributed by atoms with E-state index >= 15 is 0 Å². The molecular weight excluding hydrogens is 498 g/mol. The molecule has 0 aliphatic carbocycles. The van der Waals surface area contributed by atoms with Gasteiger partial charge in [0.1, 0.15) is 19.0 Å². The van der Waals surface area contributed by atoms with E-state index in [9.17, 15) is 14.7 Å². The summed E-state index contributed by atoms with van der Waals surface area (Å²) in [5.74, 6) is 0.807. The zero-order valence-electron chi connectivity index (χ0n) is 20.7. The van der Waals surface area contributed by atoms with E-state index in [0.717, 1.165) is 34.5 Å². The van der Waals surface area contributed by atoms with Crippen LogP contribution in [0.5, 0.6) is 17.2 Å². The molecule has 0 radical (unpaired) electrons. The van der Waals surface area contributed by atoms with E-state index in [4.69, 9.17) is 14.2 Å². The number of benzene rings is 2. The van der Waals surface area contributed by atoms with Gasteiger partial charge in [0.05, 0.1) is 18.5 Å². The lowest BCUT2D eigenvalue weighted by Crippen LogP contribution is -2.52. The maximum Gasteiger partial charge on any atom is 0.309 e. The fourth-order valence-corrected chi connectivity index (χ4v) is 5.03. The number of halogens is 1. The third kappa shape index (κ3) is 6.01. The number of carboxylic acids is 1. The first-order valence-corrected chi connectivity index (χ1v) is 12.3. The van der Waals surface area contributed by atoms with E-state index < -0.39 is 11.9 Å². The van der Waals surface area contributed by atoms with Crippen molar-refractivity contribution in [1.82, 2.24) is 14.8 Å². The van der Waals surface area contributed by atoms with Gasteiger partial charge in [0.15, 0.2) is 11.5 Å². The van der Waals surface area contributed by atoms with Crippen LogP contribution in [0.1, 0.15) is 12.0 Å². The van der Waals surface area contributed by atoms with Crippen molar-refractivity contribution < 1.29 is 24.1 Å². The van der Waals surface area contributed by atoms with E-state index in [1.807, 2.05) is 42.5 Å². The minimum atomic E-state index is -0.813. The Labute approximate surface area is 221 Å². The quantitative estimate of drug-likeness (QED) is 0.459. The average molecular weight is 530 g/mol. The highest BCUT2D eigenvalue weighted by Gasteiger charge is 2.34. The fourth-order valence-electron chi connectivity index (χ4n) is 5.03. The first-order valence-electron chi connectivity index (χ1n) is 12.3. The number of methoxy groups -OCH3 is 1. The lowest BCUT2D eigenvalue weighted by atomic mass is 9.92. The molecule has 0 saturated carbocycles. The number of nitrogens with zero attached hydrogens (tertiary/aromatic N) is 2. The highest BCUT2D eigenvalue weighted by molar-refractivity contribution is 5.85. The Kier molecular flexibility index (Phi) is 8.58. The number of rotatable bonds is 8. The summed E-state index contributed by atoms with van der Waals surface area (Å²) in [5, 5.41) is 14.3. The van der Waals surface area contributed by atoms with Crippen molar-refractivity contribution >= 4 is 29.3 Å². The largest absolute Gasteiger partial charge is 0.497 e. The van der Waals surface area contributed by atoms with Crippen LogP contribution in [0.4, 0.5) is 0 Å². The molecule has 0 amide bonds. The van der Waals surface area contributed by atoms with Crippen LogP contribution in [0.2, 0.25) is 0 Å². The van der Waals surface area contributed by atoms with Gasteiger partial charge in [-0.05, 0) is 54.2 Å². The van der Waals surface area contributed by atoms with Gasteiger partial charge >= 0.3 is 5.97 Å². The SMILES string of the molecule is COc1ccc2ccc(=O)n(CCN3CCC(NCc4ccc5c(c4)OCCO5)C(C(=O)O)C3)c2c1.Cl. The minimum Gasteiger partial charge on any atom is -0.497 e. The van der Waals surface area contributed by atoms with Crippen LogP contribution >= 0.6 is 12.4 Å². The van der Waals surface area contributed by atoms with Gasteiger partial charge in [-0.25, -0.2) is 0 Å². The Morgan fingerprint density at radius 2 is 1.86 bits per heavy atom. The summed E-state index contributed by atoms with van der Waals surface area (Å²) in [7, 11) is 1.60. The van der Waals surface area contributed by atoms with Gasteiger partial charge in [-0.1, -0.05) is 6.07 Å². The van der Waals surface area contributed by atoms with Crippen molar-refractivity contribution in [2.75, 3.05) is 40.0 Å². The van der Waals surface area contributed by atoms with E-state index in [1.165, 1.54) is 0 Å². The van der Waals surface area contributed by atoms with Crippen LogP contribution in [-0.2, 0) is 17.9 Å². The molecule has 37 heavy (non-hydrogen) atoms. The second-order valence-electron chi connectivity index (χ2n) is 9.25. The average Bonchev–Trinajstić information content (AvgIpc) is 2.91. The first kappa shape index (κ1) is 26.8. The van der Waals surface area contributed by atoms with E-state index in [2.05, 4.69) is 10.2 Å². The number of pyridine rings is 1. The number of fused-ring (bicyclic) bond motifs is 2. The zero-order valence-corrected chi connectivity index (χ0v) is 21.5. The molecule has 3 heterocycles. The number of carboxylic acid groups (broad SMARTS) is 1. The van der Waals surface area contributed by atoms with Crippen molar-refractivity contribution in [1.29, 1.82) is 0 Å². The van der Waals surface area contributed by atoms with E-state index in [-0.39, 0.29) is 24.0 Å². The van der Waals surface area contributed by atoms with Gasteiger partial charge in [0.2, 0.25) is 0 Å². The summed E-state index contributed by atoms with van der Waals surface area (Å²) in [5.41, 5.74) is 1.76. The second-order valence-corrected chi connectivity index (χ2v) is 9.25. The maximum atomic E-state index is 12.6. The Bertz CT molecular complexity index is 1310. The van der Waals surface area contributed by atoms with Gasteiger partial charge in [0, 0.05) is 44.4 Å². The summed E-state index contributed by atoms with van der Waals surface area (Å²) in [4.78, 5) is 26.9. The number of carbonyl (C=O) groups is 1. The molecule has 2 unspecified atom stereocenters. The number of nitrogens with one attached hydrogen (secondary N) is 1. The lowest BCUT2D eigenvalue weighted by molar-refractivity contribution is -0.144. The molecule has 2 aromatic carbocycles. The summed E-state index contributed by atoms with van der Waals surface area (Å²) in [6, 6.07) is 14.7. The van der Waals surface area contributed by atoms with Crippen molar-refractivity contribution in [3.8, 4) is 17.2 Å². The van der Waals surface area contributed by atoms with Crippen LogP contribution in [-0.4, -0.2) is 66.5 Å². The smallest absolute Gasteiger partial charge is 0.309 e. The van der Waals surface area contributed by atoms with Crippen molar-refractivity contribution in [3.05, 3.63) is 64.4 Å². The Morgan fingerprint density at radius 1 is 1.08 bits per heavy atom. The third-order valence-electron chi connectivity index (χ3n) is 7.03. The molecule has 3 aromatic rings. The molecule has 1 aromatic heterocycles. The second kappa shape index (κ2) is 11.9. The van der Waals surface area contributed by atoms with Crippen molar-refractivity contribution in [3.63, 3.8) is 0 Å². The van der Waals surface area contributed by atoms with Crippen LogP contribution in [0.25, 0.3) is 10.9 Å². The molecule has 2 aliphatic rings. The molecule has 2 aliphatic heterocycles. The number of hydrogen-bond donors (Lipinski definition) is 2. The normalized spacial score (nSPS) is 19.3. The van der Waals surface area contributed by atoms with Gasteiger partial charge in [0.25, 0.3) is 5.56 Å². The van der Waals surface area contributed by atoms with Crippen LogP contribution in [0, 0.1) is 5.92 Å². The number of aromatic nitrogens is 1. The van der Waals surface area contributed by atoms with Crippen LogP contribution in [0.15, 0.2) is 53.3 Å². The van der Waals surface area contributed by atoms with Crippen LogP contribution in [0.3, 0.4) is 0 Å². The molecule has 10 heteroatoms. The number of hydrogen-bond acceptors (Lipinski definition) is 7. The lowest BCUT2D eigenvalue weighted by Gasteiger charge is -2.37. The highest BCUT2D eigenvalue weighted by atomic mass is 35.5. The first-order chi connectivity index (χ1) is 17.5. The number of likely N-dealkylation sites (tertiary alicyclic amines) is 1. The predicted molar refractivity (Wildman–Crippen MR) is 142 cm³/mol. The minimum absolute atomic E-state index is 0. The van der Waals surface area contributed by atoms with E-state index in [1.54, 1.807) is 17.7 Å². The number of ether oxygens (including phenoxy) is 3. The number of aliphatic carboxylic acids is 1. The van der Waals surface area contributed by atoms with Gasteiger partial charge in [-0.15, -0.1) is 12.4 Å². The Hall–Kier alpha value is -3.27. The van der Waals surface area contributed by atoms with E-state index in [0.29, 0.717) is 51.6 Å². The molecule has 0 bridgehead atoms. The molecule has 5 rings (SSSR count). The van der Waals surface area contributed by atoms with Gasteiger partial charge < -0.3 is 34.1 Å². The van der Waals surface area contributed by atoms with Crippen molar-refractivity contribution in [2.24, 2.45) is 5.92 Å². The Morgan fingerprint density at radius 3 is 2.65 bits per heavy atom. The third-order valence-corrected chi connectivity index (χ3v) is 7.03.